The Bertz CT molecular complexity index is 2150. The number of amides is 1. The summed E-state index contributed by atoms with van der Waals surface area (Å²) in [7, 11) is 10.2. The molecular formula is C56H95FN6O14. The summed E-state index contributed by atoms with van der Waals surface area (Å²) in [6.07, 6.45) is -6.87. The number of benzene rings is 1. The SMILES string of the molecule is CC[C@H]1OC(=O)[C@H](C)[C@@H](OC[C@H]2C[C@@](C)(OC)[C@@H](O)[C@H](C)O2)[C@H](C)[C@@H](O[C@@H]2O[C@H](C)C[C@H](N(C)CCc3cn([C@H](CF)[C@H](OC)c4ccc(CC(=O)N(C)C)cc4)nn3)[C@H]2O)[C@](C)(O)C[C@@H](C)CN(C)[C@H](C)[C@@H](O)[C@]1(C)O. The predicted molar refractivity (Wildman–Crippen MR) is 285 cm³/mol. The third-order valence-corrected chi connectivity index (χ3v) is 16.9. The van der Waals surface area contributed by atoms with Crippen LogP contribution in [0.25, 0.3) is 0 Å². The number of cyclic esters (lactones) is 1. The molecule has 0 radical (unpaired) electrons. The molecule has 0 aliphatic carbocycles. The summed E-state index contributed by atoms with van der Waals surface area (Å²) in [5.41, 5.74) is -2.30. The van der Waals surface area contributed by atoms with E-state index in [0.717, 1.165) is 11.1 Å². The second-order valence-electron chi connectivity index (χ2n) is 23.6. The number of nitrogens with zero attached hydrogens (tertiary/aromatic N) is 6. The first kappa shape index (κ1) is 64.5. The number of carbonyl (C=O) groups is 2. The van der Waals surface area contributed by atoms with Crippen molar-refractivity contribution in [2.45, 2.75) is 210 Å². The average molecular weight is 1100 g/mol. The molecule has 0 unspecified atom stereocenters. The topological polar surface area (TPSA) is 240 Å². The molecule has 3 aliphatic heterocycles. The lowest BCUT2D eigenvalue weighted by molar-refractivity contribution is -0.301. The van der Waals surface area contributed by atoms with E-state index in [1.165, 1.54) is 30.7 Å². The molecule has 0 saturated carbocycles. The fourth-order valence-electron chi connectivity index (χ4n) is 12.0. The molecule has 5 N–H and O–H groups in total. The summed E-state index contributed by atoms with van der Waals surface area (Å²) in [5.74, 6) is -2.79. The zero-order chi connectivity index (χ0) is 57.5. The Morgan fingerprint density at radius 3 is 2.23 bits per heavy atom. The van der Waals surface area contributed by atoms with E-state index in [4.69, 9.17) is 33.2 Å². The average Bonchev–Trinajstić information content (AvgIpc) is 3.85. The van der Waals surface area contributed by atoms with Crippen molar-refractivity contribution in [3.63, 3.8) is 0 Å². The lowest BCUT2D eigenvalue weighted by Gasteiger charge is -2.48. The van der Waals surface area contributed by atoms with E-state index in [2.05, 4.69) is 10.3 Å². The van der Waals surface area contributed by atoms with Gasteiger partial charge in [-0.15, -0.1) is 5.10 Å². The molecule has 20 nitrogen and oxygen atoms in total. The monoisotopic (exact) mass is 1090 g/mol. The molecule has 4 heterocycles. The lowest BCUT2D eigenvalue weighted by Crippen LogP contribution is -2.60. The molecule has 3 aliphatic rings. The van der Waals surface area contributed by atoms with Crippen LogP contribution < -0.4 is 0 Å². The maximum Gasteiger partial charge on any atom is 0.311 e. The van der Waals surface area contributed by atoms with Gasteiger partial charge in [0.2, 0.25) is 5.91 Å². The Balaban J connectivity index is 1.41. The smallest absolute Gasteiger partial charge is 0.311 e. The number of esters is 1. The van der Waals surface area contributed by atoms with Crippen LogP contribution in [0.15, 0.2) is 30.5 Å². The molecule has 0 spiro atoms. The Hall–Kier alpha value is -3.29. The van der Waals surface area contributed by atoms with Gasteiger partial charge in [0.25, 0.3) is 0 Å². The molecule has 3 saturated heterocycles. The first-order valence-electron chi connectivity index (χ1n) is 27.5. The third-order valence-electron chi connectivity index (χ3n) is 16.9. The molecule has 0 bridgehead atoms. The van der Waals surface area contributed by atoms with Crippen LogP contribution in [0.3, 0.4) is 0 Å². The highest BCUT2D eigenvalue weighted by molar-refractivity contribution is 5.78. The van der Waals surface area contributed by atoms with Crippen LogP contribution in [0, 0.1) is 17.8 Å². The largest absolute Gasteiger partial charge is 0.459 e. The first-order chi connectivity index (χ1) is 36.0. The van der Waals surface area contributed by atoms with Crippen LogP contribution in [-0.4, -0.2) is 226 Å². The number of aromatic nitrogens is 3. The summed E-state index contributed by atoms with van der Waals surface area (Å²) in [4.78, 5) is 32.2. The minimum Gasteiger partial charge on any atom is -0.459 e. The van der Waals surface area contributed by atoms with Crippen LogP contribution in [0.2, 0.25) is 0 Å². The lowest BCUT2D eigenvalue weighted by atomic mass is 9.77. The molecule has 440 valence electrons. The predicted octanol–water partition coefficient (Wildman–Crippen LogP) is 3.68. The van der Waals surface area contributed by atoms with Gasteiger partial charge in [-0.25, -0.2) is 9.07 Å². The van der Waals surface area contributed by atoms with Crippen molar-refractivity contribution in [1.29, 1.82) is 0 Å². The number of likely N-dealkylation sites (N-methyl/N-ethyl adjacent to an activating group) is 3. The Labute approximate surface area is 456 Å². The van der Waals surface area contributed by atoms with E-state index < -0.39 is 127 Å². The minimum atomic E-state index is -1.84. The van der Waals surface area contributed by atoms with Gasteiger partial charge in [-0.2, -0.15) is 0 Å². The molecule has 20 atom stereocenters. The van der Waals surface area contributed by atoms with Gasteiger partial charge < -0.3 is 73.4 Å². The molecule has 77 heavy (non-hydrogen) atoms. The summed E-state index contributed by atoms with van der Waals surface area (Å²) in [6, 6.07) is 5.41. The number of methoxy groups -OCH3 is 2. The van der Waals surface area contributed by atoms with Crippen molar-refractivity contribution >= 4 is 11.9 Å². The Morgan fingerprint density at radius 2 is 1.64 bits per heavy atom. The van der Waals surface area contributed by atoms with Crippen molar-refractivity contribution < 1.29 is 72.7 Å². The normalized spacial score (nSPS) is 38.1. The Morgan fingerprint density at radius 1 is 0.974 bits per heavy atom. The van der Waals surface area contributed by atoms with Crippen LogP contribution in [0.4, 0.5) is 4.39 Å². The van der Waals surface area contributed by atoms with Gasteiger partial charge in [0.15, 0.2) is 6.29 Å². The van der Waals surface area contributed by atoms with Crippen LogP contribution in [0.1, 0.15) is 124 Å². The van der Waals surface area contributed by atoms with Crippen LogP contribution in [0.5, 0.6) is 0 Å². The van der Waals surface area contributed by atoms with E-state index in [-0.39, 0.29) is 44.1 Å². The first-order valence-corrected chi connectivity index (χ1v) is 27.5. The highest BCUT2D eigenvalue weighted by Gasteiger charge is 2.52. The number of aliphatic hydroxyl groups is 5. The number of aliphatic hydroxyl groups excluding tert-OH is 3. The van der Waals surface area contributed by atoms with Crippen molar-refractivity contribution in [3.8, 4) is 0 Å². The van der Waals surface area contributed by atoms with Gasteiger partial charge >= 0.3 is 5.97 Å². The maximum absolute atomic E-state index is 14.9. The molecule has 1 amide bonds. The summed E-state index contributed by atoms with van der Waals surface area (Å²) in [6.45, 7) is 17.6. The molecule has 21 heteroatoms. The van der Waals surface area contributed by atoms with Gasteiger partial charge in [0, 0.05) is 78.4 Å². The number of alkyl halides is 1. The van der Waals surface area contributed by atoms with Crippen LogP contribution in [-0.2, 0) is 55.6 Å². The summed E-state index contributed by atoms with van der Waals surface area (Å²) >= 11 is 0. The number of ether oxygens (including phenoxy) is 7. The van der Waals surface area contributed by atoms with Gasteiger partial charge in [0.1, 0.15) is 48.8 Å². The van der Waals surface area contributed by atoms with Gasteiger partial charge in [-0.1, -0.05) is 50.3 Å². The highest BCUT2D eigenvalue weighted by Crippen LogP contribution is 2.39. The molecule has 5 rings (SSSR count). The third kappa shape index (κ3) is 15.6. The molecule has 3 fully saturated rings. The fourth-order valence-corrected chi connectivity index (χ4v) is 12.0. The van der Waals surface area contributed by atoms with Crippen molar-refractivity contribution in [3.05, 3.63) is 47.3 Å². The van der Waals surface area contributed by atoms with E-state index >= 15 is 0 Å². The van der Waals surface area contributed by atoms with Gasteiger partial charge in [-0.05, 0) is 98.9 Å². The van der Waals surface area contributed by atoms with Gasteiger partial charge in [-0.3, -0.25) is 9.59 Å². The second kappa shape index (κ2) is 27.4. The van der Waals surface area contributed by atoms with E-state index in [1.807, 2.05) is 68.9 Å². The number of hydrogen-bond acceptors (Lipinski definition) is 18. The number of hydrogen-bond donors (Lipinski definition) is 5. The Kier molecular flexibility index (Phi) is 23.0. The van der Waals surface area contributed by atoms with E-state index in [0.29, 0.717) is 31.6 Å². The maximum atomic E-state index is 14.9. The molecule has 2 aromatic rings. The molecular weight excluding hydrogens is 1000 g/mol. The number of rotatable bonds is 18. The van der Waals surface area contributed by atoms with Crippen LogP contribution >= 0.6 is 0 Å². The standard InChI is InChI=1S/C56H95FN6O14/c1-17-44-56(10,70)49(66)36(6)62(14)29-32(2)26-54(8,69)51(34(4)47(35(5)52(68)76-44)73-31-41-27-55(9,72-16)50(67)37(7)75-41)77-53-46(65)42(24-33(3)74-53)61(13)23-22-40-30-63(59-58-40)43(28-57)48(71-15)39-20-18-38(19-21-39)25-45(64)60(11)12/h18-21,30,32-37,41-44,46-51,53,65-67,69-70H,17,22-29,31H2,1-16H3/t32-,33-,34+,35-,36-,37+,41-,42+,43-,44-,46-,47+,48-,49-,50+,51-,53+,54-,55-,56-/m1/s1. The number of halogens is 1. The molecule has 1 aromatic heterocycles. The number of carbonyl (C=O) groups excluding carboxylic acids is 2. The zero-order valence-electron chi connectivity index (χ0n) is 48.7. The zero-order valence-corrected chi connectivity index (χ0v) is 48.7. The van der Waals surface area contributed by atoms with Crippen molar-refractivity contribution in [1.82, 2.24) is 29.7 Å². The minimum absolute atomic E-state index is 0.0320. The van der Waals surface area contributed by atoms with Crippen molar-refractivity contribution in [2.24, 2.45) is 17.8 Å². The summed E-state index contributed by atoms with van der Waals surface area (Å²) < 4.78 is 60.4. The quantitative estimate of drug-likeness (QED) is 0.134. The van der Waals surface area contributed by atoms with Crippen molar-refractivity contribution in [2.75, 3.05) is 68.8 Å². The van der Waals surface area contributed by atoms with E-state index in [9.17, 15) is 39.5 Å². The molecule has 1 aromatic carbocycles. The highest BCUT2D eigenvalue weighted by atomic mass is 19.1. The van der Waals surface area contributed by atoms with E-state index in [1.54, 1.807) is 61.8 Å². The fraction of sp³-hybridized carbons (Fsp3) is 0.821. The van der Waals surface area contributed by atoms with Gasteiger partial charge in [0.05, 0.1) is 66.4 Å². The second-order valence-corrected chi connectivity index (χ2v) is 23.6. The summed E-state index contributed by atoms with van der Waals surface area (Å²) in [5, 5.41) is 68.4.